The fourth-order valence-corrected chi connectivity index (χ4v) is 1.26. The Bertz CT molecular complexity index is 552. The van der Waals surface area contributed by atoms with Gasteiger partial charge in [-0.15, -0.1) is 0 Å². The highest BCUT2D eigenvalue weighted by atomic mass is 19.1. The second-order valence-electron chi connectivity index (χ2n) is 3.45. The van der Waals surface area contributed by atoms with Crippen LogP contribution in [0, 0.1) is 5.82 Å². The fraction of sp³-hybridized carbons (Fsp3) is 0. The number of halogens is 1. The normalized spacial score (nSPS) is 10.5. The van der Waals surface area contributed by atoms with Crippen LogP contribution in [0.25, 0.3) is 6.08 Å². The standard InChI is InChI=1S/C13H10FN3O/c14-11-5-2-10(3-6-11)4-7-12(18)17-13-15-8-1-9-16-13/h1-9H,(H,15,16,17,18)/b7-4+. The fourth-order valence-electron chi connectivity index (χ4n) is 1.26. The van der Waals surface area contributed by atoms with Crippen molar-refractivity contribution < 1.29 is 9.18 Å². The molecule has 1 aromatic carbocycles. The first kappa shape index (κ1) is 11.9. The van der Waals surface area contributed by atoms with Gasteiger partial charge in [0.25, 0.3) is 5.91 Å². The average Bonchev–Trinajstić information content (AvgIpc) is 2.39. The van der Waals surface area contributed by atoms with E-state index in [1.165, 1.54) is 30.6 Å². The zero-order chi connectivity index (χ0) is 12.8. The van der Waals surface area contributed by atoms with Crippen LogP contribution in [-0.4, -0.2) is 15.9 Å². The number of nitrogens with one attached hydrogen (secondary N) is 1. The van der Waals surface area contributed by atoms with Gasteiger partial charge in [-0.25, -0.2) is 14.4 Å². The van der Waals surface area contributed by atoms with E-state index in [1.807, 2.05) is 0 Å². The summed E-state index contributed by atoms with van der Waals surface area (Å²) < 4.78 is 12.7. The van der Waals surface area contributed by atoms with E-state index in [-0.39, 0.29) is 17.7 Å². The first-order valence-electron chi connectivity index (χ1n) is 5.26. The molecule has 1 heterocycles. The quantitative estimate of drug-likeness (QED) is 0.841. The number of amides is 1. The van der Waals surface area contributed by atoms with Crippen molar-refractivity contribution in [3.63, 3.8) is 0 Å². The molecule has 0 fully saturated rings. The smallest absolute Gasteiger partial charge is 0.250 e. The average molecular weight is 243 g/mol. The molecule has 0 radical (unpaired) electrons. The maximum Gasteiger partial charge on any atom is 0.250 e. The Morgan fingerprint density at radius 2 is 1.83 bits per heavy atom. The number of carbonyl (C=O) groups excluding carboxylic acids is 1. The van der Waals surface area contributed by atoms with Crippen molar-refractivity contribution in [3.05, 3.63) is 60.2 Å². The summed E-state index contributed by atoms with van der Waals surface area (Å²) in [5.74, 6) is -0.411. The monoisotopic (exact) mass is 243 g/mol. The minimum absolute atomic E-state index is 0.242. The summed E-state index contributed by atoms with van der Waals surface area (Å²) >= 11 is 0. The highest BCUT2D eigenvalue weighted by Crippen LogP contribution is 2.04. The molecule has 1 N–H and O–H groups in total. The first-order chi connectivity index (χ1) is 8.74. The maximum atomic E-state index is 12.7. The lowest BCUT2D eigenvalue weighted by atomic mass is 10.2. The number of benzene rings is 1. The Hall–Kier alpha value is -2.56. The van der Waals surface area contributed by atoms with Gasteiger partial charge in [-0.05, 0) is 29.8 Å². The van der Waals surface area contributed by atoms with Crippen molar-refractivity contribution in [1.29, 1.82) is 0 Å². The Balaban J connectivity index is 1.97. The molecule has 0 atom stereocenters. The molecule has 1 aromatic heterocycles. The number of anilines is 1. The third-order valence-corrected chi connectivity index (χ3v) is 2.10. The first-order valence-corrected chi connectivity index (χ1v) is 5.26. The van der Waals surface area contributed by atoms with E-state index in [0.29, 0.717) is 0 Å². The molecule has 2 rings (SSSR count). The summed E-state index contributed by atoms with van der Waals surface area (Å²) in [6.07, 6.45) is 5.99. The summed E-state index contributed by atoms with van der Waals surface area (Å²) in [4.78, 5) is 19.2. The Kier molecular flexibility index (Phi) is 3.76. The van der Waals surface area contributed by atoms with Gasteiger partial charge in [-0.2, -0.15) is 0 Å². The Morgan fingerprint density at radius 1 is 1.17 bits per heavy atom. The molecule has 0 bridgehead atoms. The molecular weight excluding hydrogens is 233 g/mol. The summed E-state index contributed by atoms with van der Waals surface area (Å²) in [5, 5.41) is 2.50. The van der Waals surface area contributed by atoms with Gasteiger partial charge in [-0.1, -0.05) is 12.1 Å². The number of nitrogens with zero attached hydrogens (tertiary/aromatic N) is 2. The zero-order valence-corrected chi connectivity index (χ0v) is 9.38. The third kappa shape index (κ3) is 3.48. The van der Waals surface area contributed by atoms with Gasteiger partial charge in [0, 0.05) is 18.5 Å². The van der Waals surface area contributed by atoms with Gasteiger partial charge < -0.3 is 0 Å². The number of aromatic nitrogens is 2. The van der Waals surface area contributed by atoms with E-state index in [4.69, 9.17) is 0 Å². The molecule has 2 aromatic rings. The molecule has 0 saturated heterocycles. The van der Waals surface area contributed by atoms with Crippen molar-refractivity contribution in [2.45, 2.75) is 0 Å². The molecule has 5 heteroatoms. The predicted octanol–water partition coefficient (Wildman–Crippen LogP) is 2.27. The van der Waals surface area contributed by atoms with E-state index < -0.39 is 0 Å². The van der Waals surface area contributed by atoms with E-state index in [1.54, 1.807) is 24.3 Å². The molecule has 0 aliphatic rings. The van der Waals surface area contributed by atoms with Crippen LogP contribution in [-0.2, 0) is 4.79 Å². The van der Waals surface area contributed by atoms with Crippen molar-refractivity contribution in [2.24, 2.45) is 0 Å². The molecule has 90 valence electrons. The molecule has 0 saturated carbocycles. The highest BCUT2D eigenvalue weighted by Gasteiger charge is 1.98. The predicted molar refractivity (Wildman–Crippen MR) is 66.1 cm³/mol. The molecule has 1 amide bonds. The lowest BCUT2D eigenvalue weighted by Crippen LogP contribution is -2.10. The highest BCUT2D eigenvalue weighted by molar-refractivity contribution is 6.00. The van der Waals surface area contributed by atoms with Crippen LogP contribution in [0.4, 0.5) is 10.3 Å². The largest absolute Gasteiger partial charge is 0.291 e. The molecular formula is C13H10FN3O. The third-order valence-electron chi connectivity index (χ3n) is 2.10. The van der Waals surface area contributed by atoms with Crippen LogP contribution in [0.15, 0.2) is 48.8 Å². The molecule has 18 heavy (non-hydrogen) atoms. The summed E-state index contributed by atoms with van der Waals surface area (Å²) in [5.41, 5.74) is 0.737. The number of hydrogen-bond acceptors (Lipinski definition) is 3. The van der Waals surface area contributed by atoms with Crippen LogP contribution in [0.3, 0.4) is 0 Å². The van der Waals surface area contributed by atoms with Gasteiger partial charge in [0.1, 0.15) is 5.82 Å². The van der Waals surface area contributed by atoms with E-state index >= 15 is 0 Å². The Labute approximate surface area is 103 Å². The van der Waals surface area contributed by atoms with Gasteiger partial charge in [0.2, 0.25) is 5.95 Å². The summed E-state index contributed by atoms with van der Waals surface area (Å²) in [7, 11) is 0. The van der Waals surface area contributed by atoms with E-state index in [9.17, 15) is 9.18 Å². The van der Waals surface area contributed by atoms with Crippen molar-refractivity contribution >= 4 is 17.9 Å². The van der Waals surface area contributed by atoms with Gasteiger partial charge in [0.15, 0.2) is 0 Å². The Morgan fingerprint density at radius 3 is 2.50 bits per heavy atom. The number of carbonyl (C=O) groups is 1. The molecule has 0 aliphatic heterocycles. The molecule has 0 spiro atoms. The van der Waals surface area contributed by atoms with Crippen molar-refractivity contribution in [2.75, 3.05) is 5.32 Å². The van der Waals surface area contributed by atoms with Crippen molar-refractivity contribution in [1.82, 2.24) is 9.97 Å². The van der Waals surface area contributed by atoms with Gasteiger partial charge in [0.05, 0.1) is 0 Å². The van der Waals surface area contributed by atoms with E-state index in [2.05, 4.69) is 15.3 Å². The van der Waals surface area contributed by atoms with E-state index in [0.717, 1.165) is 5.56 Å². The van der Waals surface area contributed by atoms with Crippen LogP contribution in [0.2, 0.25) is 0 Å². The summed E-state index contributed by atoms with van der Waals surface area (Å²) in [6, 6.07) is 7.48. The number of rotatable bonds is 3. The topological polar surface area (TPSA) is 54.9 Å². The zero-order valence-electron chi connectivity index (χ0n) is 9.38. The lowest BCUT2D eigenvalue weighted by molar-refractivity contribution is -0.111. The summed E-state index contributed by atoms with van der Waals surface area (Å²) in [6.45, 7) is 0. The molecule has 0 unspecified atom stereocenters. The van der Waals surface area contributed by atoms with Crippen molar-refractivity contribution in [3.8, 4) is 0 Å². The minimum Gasteiger partial charge on any atom is -0.291 e. The second-order valence-corrected chi connectivity index (χ2v) is 3.45. The molecule has 0 aliphatic carbocycles. The van der Waals surface area contributed by atoms with Crippen LogP contribution in [0.5, 0.6) is 0 Å². The maximum absolute atomic E-state index is 12.7. The minimum atomic E-state index is -0.342. The SMILES string of the molecule is O=C(/C=C/c1ccc(F)cc1)Nc1ncccn1. The van der Waals surface area contributed by atoms with Crippen LogP contribution < -0.4 is 5.32 Å². The lowest BCUT2D eigenvalue weighted by Gasteiger charge is -1.98. The second kappa shape index (κ2) is 5.67. The number of hydrogen-bond donors (Lipinski definition) is 1. The van der Waals surface area contributed by atoms with Gasteiger partial charge in [-0.3, -0.25) is 10.1 Å². The van der Waals surface area contributed by atoms with Gasteiger partial charge >= 0.3 is 0 Å². The van der Waals surface area contributed by atoms with Crippen LogP contribution >= 0.6 is 0 Å². The molecule has 4 nitrogen and oxygen atoms in total. The van der Waals surface area contributed by atoms with Crippen LogP contribution in [0.1, 0.15) is 5.56 Å².